The van der Waals surface area contributed by atoms with Crippen LogP contribution in [0.5, 0.6) is 5.75 Å². The predicted molar refractivity (Wildman–Crippen MR) is 95.8 cm³/mol. The van der Waals surface area contributed by atoms with Gasteiger partial charge < -0.3 is 15.4 Å². The van der Waals surface area contributed by atoms with Gasteiger partial charge in [0.1, 0.15) is 5.75 Å². The lowest BCUT2D eigenvalue weighted by molar-refractivity contribution is -0.115. The average Bonchev–Trinajstić information content (AvgIpc) is 2.53. The number of nitrogens with one attached hydrogen (secondary N) is 2. The molecule has 2 aromatic rings. The van der Waals surface area contributed by atoms with Gasteiger partial charge in [-0.25, -0.2) is 0 Å². The zero-order valence-corrected chi connectivity index (χ0v) is 14.2. The van der Waals surface area contributed by atoms with Gasteiger partial charge in [-0.1, -0.05) is 29.3 Å². The monoisotopic (exact) mass is 352 g/mol. The molecule has 2 aromatic carbocycles. The number of rotatable bonds is 7. The number of hydrogen-bond donors (Lipinski definition) is 2. The topological polar surface area (TPSA) is 50.4 Å². The Morgan fingerprint density at radius 2 is 1.74 bits per heavy atom. The minimum atomic E-state index is -0.154. The first-order valence-electron chi connectivity index (χ1n) is 7.30. The van der Waals surface area contributed by atoms with Gasteiger partial charge in [0.25, 0.3) is 0 Å². The van der Waals surface area contributed by atoms with Gasteiger partial charge in [0.2, 0.25) is 5.91 Å². The van der Waals surface area contributed by atoms with Crippen molar-refractivity contribution in [2.45, 2.75) is 13.3 Å². The standard InChI is InChI=1S/C17H18Cl2N2O2/c1-2-23-13-8-6-12(7-9-13)20-11-10-16(22)21-17-14(18)4-3-5-15(17)19/h3-9,20H,2,10-11H2,1H3,(H,21,22). The van der Waals surface area contributed by atoms with Gasteiger partial charge in [0, 0.05) is 18.7 Å². The van der Waals surface area contributed by atoms with E-state index in [0.717, 1.165) is 11.4 Å². The Labute approximate surface area is 145 Å². The van der Waals surface area contributed by atoms with E-state index in [1.165, 1.54) is 0 Å². The Kier molecular flexibility index (Phi) is 6.56. The average molecular weight is 353 g/mol. The Hall–Kier alpha value is -1.91. The van der Waals surface area contributed by atoms with Crippen LogP contribution in [0.4, 0.5) is 11.4 Å². The van der Waals surface area contributed by atoms with E-state index in [0.29, 0.717) is 35.3 Å². The molecule has 0 saturated carbocycles. The van der Waals surface area contributed by atoms with E-state index < -0.39 is 0 Å². The summed E-state index contributed by atoms with van der Waals surface area (Å²) >= 11 is 12.0. The predicted octanol–water partition coefficient (Wildman–Crippen LogP) is 4.83. The summed E-state index contributed by atoms with van der Waals surface area (Å²) in [6.07, 6.45) is 0.300. The first-order valence-corrected chi connectivity index (χ1v) is 8.06. The van der Waals surface area contributed by atoms with Crippen molar-refractivity contribution in [3.8, 4) is 5.75 Å². The van der Waals surface area contributed by atoms with Gasteiger partial charge >= 0.3 is 0 Å². The molecule has 2 rings (SSSR count). The molecule has 0 aromatic heterocycles. The first kappa shape index (κ1) is 17.4. The molecule has 0 spiro atoms. The molecule has 23 heavy (non-hydrogen) atoms. The quantitative estimate of drug-likeness (QED) is 0.749. The Morgan fingerprint density at radius 1 is 1.09 bits per heavy atom. The van der Waals surface area contributed by atoms with Gasteiger partial charge in [-0.2, -0.15) is 0 Å². The van der Waals surface area contributed by atoms with Gasteiger partial charge in [-0.05, 0) is 43.3 Å². The maximum absolute atomic E-state index is 12.0. The molecule has 0 unspecified atom stereocenters. The molecule has 0 aliphatic rings. The summed E-state index contributed by atoms with van der Waals surface area (Å²) < 4.78 is 5.38. The van der Waals surface area contributed by atoms with Crippen LogP contribution in [0.25, 0.3) is 0 Å². The molecule has 0 aliphatic heterocycles. The number of benzene rings is 2. The van der Waals surface area contributed by atoms with Crippen molar-refractivity contribution >= 4 is 40.5 Å². The third-order valence-electron chi connectivity index (χ3n) is 3.07. The molecule has 0 radical (unpaired) electrons. The Balaban J connectivity index is 1.80. The Bertz CT molecular complexity index is 640. The lowest BCUT2D eigenvalue weighted by Crippen LogP contribution is -2.16. The molecule has 0 aliphatic carbocycles. The molecule has 6 heteroatoms. The number of ether oxygens (including phenoxy) is 1. The fourth-order valence-electron chi connectivity index (χ4n) is 1.98. The summed E-state index contributed by atoms with van der Waals surface area (Å²) in [5.41, 5.74) is 1.37. The van der Waals surface area contributed by atoms with Crippen molar-refractivity contribution in [3.63, 3.8) is 0 Å². The van der Waals surface area contributed by atoms with Crippen molar-refractivity contribution in [2.24, 2.45) is 0 Å². The highest BCUT2D eigenvalue weighted by molar-refractivity contribution is 6.39. The molecule has 122 valence electrons. The molecule has 2 N–H and O–H groups in total. The van der Waals surface area contributed by atoms with E-state index in [9.17, 15) is 4.79 Å². The molecular weight excluding hydrogens is 335 g/mol. The molecular formula is C17H18Cl2N2O2. The van der Waals surface area contributed by atoms with Crippen molar-refractivity contribution in [2.75, 3.05) is 23.8 Å². The van der Waals surface area contributed by atoms with Crippen LogP contribution in [0.3, 0.4) is 0 Å². The van der Waals surface area contributed by atoms with E-state index in [-0.39, 0.29) is 5.91 Å². The van der Waals surface area contributed by atoms with Crippen molar-refractivity contribution in [1.29, 1.82) is 0 Å². The fourth-order valence-corrected chi connectivity index (χ4v) is 2.47. The summed E-state index contributed by atoms with van der Waals surface area (Å²) in [5.74, 6) is 0.669. The number of anilines is 2. The van der Waals surface area contributed by atoms with Gasteiger partial charge in [0.15, 0.2) is 0 Å². The molecule has 4 nitrogen and oxygen atoms in total. The van der Waals surface area contributed by atoms with Crippen LogP contribution in [0, 0.1) is 0 Å². The van der Waals surface area contributed by atoms with Gasteiger partial charge in [-0.15, -0.1) is 0 Å². The highest BCUT2D eigenvalue weighted by Crippen LogP contribution is 2.29. The largest absolute Gasteiger partial charge is 0.494 e. The van der Waals surface area contributed by atoms with Gasteiger partial charge in [0.05, 0.1) is 22.3 Å². The number of hydrogen-bond acceptors (Lipinski definition) is 3. The summed E-state index contributed by atoms with van der Waals surface area (Å²) in [4.78, 5) is 12.0. The third kappa shape index (κ3) is 5.34. The van der Waals surface area contributed by atoms with E-state index in [4.69, 9.17) is 27.9 Å². The minimum absolute atomic E-state index is 0.154. The maximum Gasteiger partial charge on any atom is 0.226 e. The number of amides is 1. The van der Waals surface area contributed by atoms with Crippen LogP contribution >= 0.6 is 23.2 Å². The number of halogens is 2. The molecule has 0 fully saturated rings. The van der Waals surface area contributed by atoms with Crippen molar-refractivity contribution in [3.05, 3.63) is 52.5 Å². The molecule has 0 atom stereocenters. The minimum Gasteiger partial charge on any atom is -0.494 e. The van der Waals surface area contributed by atoms with Crippen LogP contribution in [-0.2, 0) is 4.79 Å². The highest BCUT2D eigenvalue weighted by atomic mass is 35.5. The lowest BCUT2D eigenvalue weighted by Gasteiger charge is -2.10. The second-order valence-corrected chi connectivity index (χ2v) is 5.59. The fraction of sp³-hybridized carbons (Fsp3) is 0.235. The maximum atomic E-state index is 12.0. The smallest absolute Gasteiger partial charge is 0.226 e. The summed E-state index contributed by atoms with van der Waals surface area (Å²) in [6.45, 7) is 3.08. The second-order valence-electron chi connectivity index (χ2n) is 4.78. The zero-order chi connectivity index (χ0) is 16.7. The van der Waals surface area contributed by atoms with Crippen molar-refractivity contribution in [1.82, 2.24) is 0 Å². The summed E-state index contributed by atoms with van der Waals surface area (Å²) in [6, 6.07) is 12.7. The van der Waals surface area contributed by atoms with E-state index in [1.54, 1.807) is 18.2 Å². The number of carbonyl (C=O) groups excluding carboxylic acids is 1. The summed E-state index contributed by atoms with van der Waals surface area (Å²) in [7, 11) is 0. The van der Waals surface area contributed by atoms with Crippen LogP contribution in [0.1, 0.15) is 13.3 Å². The second kappa shape index (κ2) is 8.65. The highest BCUT2D eigenvalue weighted by Gasteiger charge is 2.09. The van der Waals surface area contributed by atoms with E-state index in [1.807, 2.05) is 31.2 Å². The molecule has 0 heterocycles. The zero-order valence-electron chi connectivity index (χ0n) is 12.7. The van der Waals surface area contributed by atoms with Gasteiger partial charge in [-0.3, -0.25) is 4.79 Å². The van der Waals surface area contributed by atoms with E-state index >= 15 is 0 Å². The first-order chi connectivity index (χ1) is 11.1. The molecule has 1 amide bonds. The van der Waals surface area contributed by atoms with E-state index in [2.05, 4.69) is 10.6 Å². The molecule has 0 bridgehead atoms. The lowest BCUT2D eigenvalue weighted by atomic mass is 10.2. The van der Waals surface area contributed by atoms with Crippen LogP contribution in [0.15, 0.2) is 42.5 Å². The SMILES string of the molecule is CCOc1ccc(NCCC(=O)Nc2c(Cl)cccc2Cl)cc1. The van der Waals surface area contributed by atoms with Crippen molar-refractivity contribution < 1.29 is 9.53 Å². The summed E-state index contributed by atoms with van der Waals surface area (Å²) in [5, 5.41) is 6.75. The number of carbonyl (C=O) groups is 1. The van der Waals surface area contributed by atoms with Crippen LogP contribution in [-0.4, -0.2) is 19.1 Å². The molecule has 0 saturated heterocycles. The third-order valence-corrected chi connectivity index (χ3v) is 3.70. The normalized spacial score (nSPS) is 10.2. The number of para-hydroxylation sites is 1. The van der Waals surface area contributed by atoms with Crippen LogP contribution < -0.4 is 15.4 Å². The van der Waals surface area contributed by atoms with Crippen LogP contribution in [0.2, 0.25) is 10.0 Å². The Morgan fingerprint density at radius 3 is 2.35 bits per heavy atom.